The minimum absolute atomic E-state index is 0.0261. The van der Waals surface area contributed by atoms with E-state index in [0.29, 0.717) is 6.42 Å². The predicted octanol–water partition coefficient (Wildman–Crippen LogP) is -0.884. The van der Waals surface area contributed by atoms with Crippen LogP contribution >= 0.6 is 0 Å². The maximum absolute atomic E-state index is 11.5. The van der Waals surface area contributed by atoms with E-state index in [0.717, 1.165) is 6.42 Å². The highest BCUT2D eigenvalue weighted by atomic mass is 16.5. The Labute approximate surface area is 87.2 Å². The van der Waals surface area contributed by atoms with Gasteiger partial charge in [0.1, 0.15) is 12.1 Å². The number of carboxylic acids is 1. The second kappa shape index (κ2) is 5.09. The molecule has 3 atom stereocenters. The molecule has 15 heavy (non-hydrogen) atoms. The summed E-state index contributed by atoms with van der Waals surface area (Å²) < 4.78 is 5.26. The summed E-state index contributed by atoms with van der Waals surface area (Å²) in [6.07, 6.45) is 0.811. The Morgan fingerprint density at radius 2 is 2.20 bits per heavy atom. The van der Waals surface area contributed by atoms with E-state index in [-0.39, 0.29) is 6.10 Å². The van der Waals surface area contributed by atoms with Gasteiger partial charge >= 0.3 is 5.97 Å². The van der Waals surface area contributed by atoms with Gasteiger partial charge in [0.15, 0.2) is 0 Å². The number of ether oxygens (including phenoxy) is 1. The Morgan fingerprint density at radius 3 is 2.60 bits per heavy atom. The van der Waals surface area contributed by atoms with E-state index >= 15 is 0 Å². The fraction of sp³-hybridized carbons (Fsp3) is 0.778. The Morgan fingerprint density at radius 1 is 1.53 bits per heavy atom. The van der Waals surface area contributed by atoms with Crippen molar-refractivity contribution in [3.8, 4) is 0 Å². The zero-order chi connectivity index (χ0) is 11.4. The van der Waals surface area contributed by atoms with Crippen molar-refractivity contribution in [1.82, 2.24) is 5.32 Å². The van der Waals surface area contributed by atoms with Crippen molar-refractivity contribution in [2.24, 2.45) is 0 Å². The highest BCUT2D eigenvalue weighted by Gasteiger charge is 2.30. The van der Waals surface area contributed by atoms with Crippen LogP contribution in [0.15, 0.2) is 0 Å². The van der Waals surface area contributed by atoms with Crippen LogP contribution in [0.5, 0.6) is 0 Å². The molecule has 6 nitrogen and oxygen atoms in total. The molecule has 3 N–H and O–H groups in total. The van der Waals surface area contributed by atoms with Crippen LogP contribution in [-0.2, 0) is 14.3 Å². The molecular weight excluding hydrogens is 202 g/mol. The van der Waals surface area contributed by atoms with E-state index in [2.05, 4.69) is 5.32 Å². The number of nitrogens with one attached hydrogen (secondary N) is 1. The molecule has 0 radical (unpaired) electrons. The van der Waals surface area contributed by atoms with Crippen LogP contribution in [0.25, 0.3) is 0 Å². The quantitative estimate of drug-likeness (QED) is 0.568. The van der Waals surface area contributed by atoms with Crippen molar-refractivity contribution in [3.63, 3.8) is 0 Å². The first-order valence-electron chi connectivity index (χ1n) is 4.84. The fourth-order valence-electron chi connectivity index (χ4n) is 1.45. The molecule has 6 heteroatoms. The summed E-state index contributed by atoms with van der Waals surface area (Å²) in [5, 5.41) is 19.5. The van der Waals surface area contributed by atoms with Crippen molar-refractivity contribution < 1.29 is 24.5 Å². The fourth-order valence-corrected chi connectivity index (χ4v) is 1.45. The van der Waals surface area contributed by atoms with E-state index in [1.54, 1.807) is 0 Å². The Balaban J connectivity index is 2.44. The molecule has 2 unspecified atom stereocenters. The van der Waals surface area contributed by atoms with Crippen LogP contribution in [0.3, 0.4) is 0 Å². The van der Waals surface area contributed by atoms with Crippen LogP contribution < -0.4 is 5.32 Å². The summed E-state index contributed by atoms with van der Waals surface area (Å²) in [6, 6.07) is -1.25. The van der Waals surface area contributed by atoms with Crippen molar-refractivity contribution in [2.75, 3.05) is 6.61 Å². The molecule has 0 aromatic carbocycles. The monoisotopic (exact) mass is 217 g/mol. The number of amides is 1. The number of aliphatic carboxylic acids is 1. The molecule has 1 rings (SSSR count). The number of carbonyl (C=O) groups is 2. The number of hydrogen-bond acceptors (Lipinski definition) is 4. The summed E-state index contributed by atoms with van der Waals surface area (Å²) in [4.78, 5) is 22.0. The highest BCUT2D eigenvalue weighted by Crippen LogP contribution is 2.18. The van der Waals surface area contributed by atoms with E-state index in [4.69, 9.17) is 14.9 Å². The third-order valence-electron chi connectivity index (χ3n) is 2.32. The lowest BCUT2D eigenvalue weighted by molar-refractivity contribution is -0.145. The first-order valence-corrected chi connectivity index (χ1v) is 4.84. The van der Waals surface area contributed by atoms with Gasteiger partial charge in [0, 0.05) is 0 Å². The topological polar surface area (TPSA) is 95.9 Å². The average Bonchev–Trinajstić information content (AvgIpc) is 2.60. The lowest BCUT2D eigenvalue weighted by Gasteiger charge is -2.15. The van der Waals surface area contributed by atoms with Gasteiger partial charge in [-0.3, -0.25) is 4.79 Å². The number of aliphatic hydroxyl groups excluding tert-OH is 1. The third-order valence-corrected chi connectivity index (χ3v) is 2.32. The zero-order valence-electron chi connectivity index (χ0n) is 8.47. The van der Waals surface area contributed by atoms with Crippen molar-refractivity contribution in [2.45, 2.75) is 38.0 Å². The Bertz CT molecular complexity index is 255. The van der Waals surface area contributed by atoms with Crippen LogP contribution in [0.2, 0.25) is 0 Å². The van der Waals surface area contributed by atoms with E-state index < -0.39 is 30.6 Å². The number of carbonyl (C=O) groups excluding carboxylic acids is 1. The van der Waals surface area contributed by atoms with Gasteiger partial charge in [0.25, 0.3) is 0 Å². The highest BCUT2D eigenvalue weighted by molar-refractivity contribution is 5.86. The number of hydrogen-bond donors (Lipinski definition) is 3. The molecule has 1 saturated heterocycles. The van der Waals surface area contributed by atoms with Crippen molar-refractivity contribution in [3.05, 3.63) is 0 Å². The summed E-state index contributed by atoms with van der Waals surface area (Å²) in [5.41, 5.74) is 0. The smallest absolute Gasteiger partial charge is 0.328 e. The van der Waals surface area contributed by atoms with E-state index in [1.165, 1.54) is 0 Å². The largest absolute Gasteiger partial charge is 0.480 e. The minimum Gasteiger partial charge on any atom is -0.480 e. The molecule has 1 aliphatic heterocycles. The van der Waals surface area contributed by atoms with Crippen molar-refractivity contribution >= 4 is 11.9 Å². The SMILES string of the molecule is CC1CCC(C(=O)N[C@@H](CO)C(=O)O)O1. The molecule has 0 spiro atoms. The third kappa shape index (κ3) is 3.17. The molecule has 1 amide bonds. The first-order chi connectivity index (χ1) is 7.04. The van der Waals surface area contributed by atoms with Gasteiger partial charge in [-0.25, -0.2) is 4.79 Å². The molecule has 1 heterocycles. The lowest BCUT2D eigenvalue weighted by Crippen LogP contribution is -2.47. The molecule has 0 bridgehead atoms. The maximum atomic E-state index is 11.5. The van der Waals surface area contributed by atoms with Crippen molar-refractivity contribution in [1.29, 1.82) is 0 Å². The standard InChI is InChI=1S/C9H15NO5/c1-5-2-3-7(15-5)8(12)10-6(4-11)9(13)14/h5-7,11H,2-4H2,1H3,(H,10,12)(H,13,14)/t5?,6-,7?/m0/s1. The summed E-state index contributed by atoms with van der Waals surface area (Å²) in [6.45, 7) is 1.23. The molecule has 1 aliphatic rings. The molecule has 0 aromatic heterocycles. The van der Waals surface area contributed by atoms with Crippen LogP contribution in [0.1, 0.15) is 19.8 Å². The molecule has 86 valence electrons. The number of carboxylic acid groups (broad SMARTS) is 1. The lowest BCUT2D eigenvalue weighted by atomic mass is 10.2. The minimum atomic E-state index is -1.25. The van der Waals surface area contributed by atoms with Crippen LogP contribution in [-0.4, -0.2) is 46.9 Å². The summed E-state index contributed by atoms with van der Waals surface area (Å²) in [5.74, 6) is -1.72. The van der Waals surface area contributed by atoms with Gasteiger partial charge < -0.3 is 20.3 Å². The Kier molecular flexibility index (Phi) is 4.05. The van der Waals surface area contributed by atoms with Gasteiger partial charge in [-0.1, -0.05) is 0 Å². The number of rotatable bonds is 4. The maximum Gasteiger partial charge on any atom is 0.328 e. The molecule has 0 saturated carbocycles. The molecule has 0 aliphatic carbocycles. The average molecular weight is 217 g/mol. The zero-order valence-corrected chi connectivity index (χ0v) is 8.47. The molecule has 0 aromatic rings. The normalized spacial score (nSPS) is 27.3. The Hall–Kier alpha value is -1.14. The molecular formula is C9H15NO5. The van der Waals surface area contributed by atoms with Gasteiger partial charge in [-0.05, 0) is 19.8 Å². The van der Waals surface area contributed by atoms with Gasteiger partial charge in [0.2, 0.25) is 5.91 Å². The van der Waals surface area contributed by atoms with Gasteiger partial charge in [-0.2, -0.15) is 0 Å². The first kappa shape index (κ1) is 11.9. The molecule has 1 fully saturated rings. The predicted molar refractivity (Wildman–Crippen MR) is 50.2 cm³/mol. The van der Waals surface area contributed by atoms with Crippen LogP contribution in [0, 0.1) is 0 Å². The summed E-state index contributed by atoms with van der Waals surface area (Å²) in [7, 11) is 0. The van der Waals surface area contributed by atoms with Gasteiger partial charge in [-0.15, -0.1) is 0 Å². The van der Waals surface area contributed by atoms with Gasteiger partial charge in [0.05, 0.1) is 12.7 Å². The van der Waals surface area contributed by atoms with Crippen LogP contribution in [0.4, 0.5) is 0 Å². The summed E-state index contributed by atoms with van der Waals surface area (Å²) >= 11 is 0. The number of aliphatic hydroxyl groups is 1. The van der Waals surface area contributed by atoms with E-state index in [9.17, 15) is 9.59 Å². The van der Waals surface area contributed by atoms with E-state index in [1.807, 2.05) is 6.92 Å². The second-order valence-electron chi connectivity index (χ2n) is 3.59. The second-order valence-corrected chi connectivity index (χ2v) is 3.59.